The first-order valence-corrected chi connectivity index (χ1v) is 11.7. The Labute approximate surface area is 217 Å². The van der Waals surface area contributed by atoms with Gasteiger partial charge in [0.2, 0.25) is 5.91 Å². The zero-order chi connectivity index (χ0) is 27.0. The van der Waals surface area contributed by atoms with E-state index in [0.717, 1.165) is 17.7 Å². The molecule has 12 heteroatoms. The van der Waals surface area contributed by atoms with Crippen molar-refractivity contribution in [2.45, 2.75) is 20.0 Å². The van der Waals surface area contributed by atoms with Crippen molar-refractivity contribution in [1.29, 1.82) is 0 Å². The summed E-state index contributed by atoms with van der Waals surface area (Å²) in [6.07, 6.45) is -4.53. The molecule has 37 heavy (non-hydrogen) atoms. The van der Waals surface area contributed by atoms with Crippen molar-refractivity contribution >= 4 is 35.1 Å². The van der Waals surface area contributed by atoms with Crippen molar-refractivity contribution in [3.8, 4) is 11.4 Å². The molecule has 0 saturated heterocycles. The number of rotatable bonds is 10. The minimum absolute atomic E-state index is 0.0799. The average Bonchev–Trinajstić information content (AvgIpc) is 2.85. The van der Waals surface area contributed by atoms with Crippen LogP contribution in [-0.2, 0) is 11.0 Å². The molecule has 3 aromatic rings. The number of amides is 2. The fraction of sp³-hybridized carbons (Fsp3) is 0.280. The summed E-state index contributed by atoms with van der Waals surface area (Å²) in [5, 5.41) is 12.2. The molecular weight excluding hydrogens is 509 g/mol. The summed E-state index contributed by atoms with van der Waals surface area (Å²) >= 11 is 5.99. The quantitative estimate of drug-likeness (QED) is 0.285. The van der Waals surface area contributed by atoms with Crippen LogP contribution >= 0.6 is 11.6 Å². The van der Waals surface area contributed by atoms with Crippen molar-refractivity contribution in [3.63, 3.8) is 0 Å². The SMILES string of the molecule is CC(=O)NCCNc1nc(-c2ccc(Cl)cc2)nc(NCCNC(=O)c2cccc(C(F)(F)F)c2)c1C. The minimum atomic E-state index is -4.53. The highest BCUT2D eigenvalue weighted by molar-refractivity contribution is 6.30. The van der Waals surface area contributed by atoms with Crippen LogP contribution in [0.25, 0.3) is 11.4 Å². The molecule has 196 valence electrons. The maximum Gasteiger partial charge on any atom is 0.416 e. The molecule has 0 bridgehead atoms. The van der Waals surface area contributed by atoms with Crippen molar-refractivity contribution < 1.29 is 22.8 Å². The number of anilines is 2. The molecule has 3 rings (SSSR count). The van der Waals surface area contributed by atoms with E-state index in [1.165, 1.54) is 19.1 Å². The lowest BCUT2D eigenvalue weighted by atomic mass is 10.1. The Morgan fingerprint density at radius 2 is 1.49 bits per heavy atom. The number of carbonyl (C=O) groups is 2. The molecule has 0 fully saturated rings. The topological polar surface area (TPSA) is 108 Å². The first kappa shape index (κ1) is 27.7. The van der Waals surface area contributed by atoms with Gasteiger partial charge in [-0.15, -0.1) is 0 Å². The van der Waals surface area contributed by atoms with Crippen molar-refractivity contribution in [2.75, 3.05) is 36.8 Å². The first-order valence-electron chi connectivity index (χ1n) is 11.4. The van der Waals surface area contributed by atoms with E-state index < -0.39 is 17.6 Å². The fourth-order valence-electron chi connectivity index (χ4n) is 3.30. The van der Waals surface area contributed by atoms with E-state index in [1.807, 2.05) is 6.92 Å². The van der Waals surface area contributed by atoms with Gasteiger partial charge in [0.1, 0.15) is 11.6 Å². The number of hydrogen-bond acceptors (Lipinski definition) is 6. The van der Waals surface area contributed by atoms with E-state index in [9.17, 15) is 22.8 Å². The van der Waals surface area contributed by atoms with Gasteiger partial charge in [0.05, 0.1) is 5.56 Å². The Morgan fingerprint density at radius 3 is 2.05 bits per heavy atom. The third-order valence-electron chi connectivity index (χ3n) is 5.19. The number of benzene rings is 2. The molecule has 8 nitrogen and oxygen atoms in total. The van der Waals surface area contributed by atoms with Crippen LogP contribution in [0, 0.1) is 6.92 Å². The molecule has 0 unspecified atom stereocenters. The molecule has 0 saturated carbocycles. The van der Waals surface area contributed by atoms with E-state index >= 15 is 0 Å². The van der Waals surface area contributed by atoms with Gasteiger partial charge in [-0.1, -0.05) is 17.7 Å². The zero-order valence-electron chi connectivity index (χ0n) is 20.2. The van der Waals surface area contributed by atoms with Crippen LogP contribution in [0.1, 0.15) is 28.4 Å². The minimum Gasteiger partial charge on any atom is -0.368 e. The zero-order valence-corrected chi connectivity index (χ0v) is 20.9. The van der Waals surface area contributed by atoms with Gasteiger partial charge in [0, 0.05) is 54.8 Å². The summed E-state index contributed by atoms with van der Waals surface area (Å²) in [5.41, 5.74) is 0.479. The van der Waals surface area contributed by atoms with Crippen LogP contribution in [0.5, 0.6) is 0 Å². The standard InChI is InChI=1S/C25H26ClF3N6O2/c1-15-21(31-11-10-30-16(2)36)34-23(17-6-8-20(26)9-7-17)35-22(15)32-12-13-33-24(37)18-4-3-5-19(14-18)25(27,28)29/h3-9,14H,10-13H2,1-2H3,(H,30,36)(H,33,37)(H2,31,32,34,35). The summed E-state index contributed by atoms with van der Waals surface area (Å²) in [6.45, 7) is 4.48. The van der Waals surface area contributed by atoms with Crippen LogP contribution in [-0.4, -0.2) is 48.0 Å². The number of aromatic nitrogens is 2. The molecule has 1 heterocycles. The second kappa shape index (κ2) is 12.4. The van der Waals surface area contributed by atoms with Gasteiger partial charge < -0.3 is 21.3 Å². The maximum absolute atomic E-state index is 12.9. The van der Waals surface area contributed by atoms with Gasteiger partial charge in [-0.2, -0.15) is 13.2 Å². The number of halogens is 4. The third kappa shape index (κ3) is 8.07. The van der Waals surface area contributed by atoms with E-state index in [4.69, 9.17) is 11.6 Å². The Kier molecular flexibility index (Phi) is 9.29. The van der Waals surface area contributed by atoms with Crippen LogP contribution in [0.2, 0.25) is 5.02 Å². The number of nitrogens with zero attached hydrogens (tertiary/aromatic N) is 2. The highest BCUT2D eigenvalue weighted by atomic mass is 35.5. The Hall–Kier alpha value is -3.86. The number of alkyl halides is 3. The Bertz CT molecular complexity index is 1250. The lowest BCUT2D eigenvalue weighted by molar-refractivity contribution is -0.137. The van der Waals surface area contributed by atoms with Gasteiger partial charge in [0.15, 0.2) is 5.82 Å². The molecule has 0 atom stereocenters. The molecule has 2 aromatic carbocycles. The molecule has 2 amide bonds. The van der Waals surface area contributed by atoms with E-state index in [2.05, 4.69) is 31.2 Å². The smallest absolute Gasteiger partial charge is 0.368 e. The number of hydrogen-bond donors (Lipinski definition) is 4. The summed E-state index contributed by atoms with van der Waals surface area (Å²) in [5.74, 6) is 0.739. The second-order valence-electron chi connectivity index (χ2n) is 8.05. The monoisotopic (exact) mass is 534 g/mol. The Morgan fingerprint density at radius 1 is 0.892 bits per heavy atom. The van der Waals surface area contributed by atoms with Gasteiger partial charge >= 0.3 is 6.18 Å². The predicted octanol–water partition coefficient (Wildman–Crippen LogP) is 4.51. The average molecular weight is 535 g/mol. The molecule has 1 aromatic heterocycles. The predicted molar refractivity (Wildman–Crippen MR) is 137 cm³/mol. The van der Waals surface area contributed by atoms with Crippen molar-refractivity contribution in [1.82, 2.24) is 20.6 Å². The first-order chi connectivity index (χ1) is 17.5. The number of nitrogens with one attached hydrogen (secondary N) is 4. The normalized spacial score (nSPS) is 11.1. The van der Waals surface area contributed by atoms with Gasteiger partial charge in [-0.05, 0) is 49.4 Å². The van der Waals surface area contributed by atoms with E-state index in [1.54, 1.807) is 24.3 Å². The largest absolute Gasteiger partial charge is 0.416 e. The van der Waals surface area contributed by atoms with Crippen molar-refractivity contribution in [3.05, 3.63) is 70.2 Å². The van der Waals surface area contributed by atoms with E-state index in [0.29, 0.717) is 41.1 Å². The summed E-state index contributed by atoms with van der Waals surface area (Å²) < 4.78 is 38.8. The highest BCUT2D eigenvalue weighted by Crippen LogP contribution is 2.29. The lowest BCUT2D eigenvalue weighted by Crippen LogP contribution is -2.29. The van der Waals surface area contributed by atoms with Gasteiger partial charge in [-0.3, -0.25) is 9.59 Å². The van der Waals surface area contributed by atoms with Gasteiger partial charge in [0.25, 0.3) is 5.91 Å². The summed E-state index contributed by atoms with van der Waals surface area (Å²) in [7, 11) is 0. The van der Waals surface area contributed by atoms with Gasteiger partial charge in [-0.25, -0.2) is 9.97 Å². The van der Waals surface area contributed by atoms with Crippen LogP contribution < -0.4 is 21.3 Å². The highest BCUT2D eigenvalue weighted by Gasteiger charge is 2.30. The van der Waals surface area contributed by atoms with Crippen LogP contribution in [0.15, 0.2) is 48.5 Å². The van der Waals surface area contributed by atoms with Crippen LogP contribution in [0.3, 0.4) is 0 Å². The second-order valence-corrected chi connectivity index (χ2v) is 8.48. The molecule has 0 aliphatic rings. The molecule has 0 spiro atoms. The van der Waals surface area contributed by atoms with Crippen molar-refractivity contribution in [2.24, 2.45) is 0 Å². The molecule has 4 N–H and O–H groups in total. The molecule has 0 aliphatic heterocycles. The number of carbonyl (C=O) groups excluding carboxylic acids is 2. The maximum atomic E-state index is 12.9. The third-order valence-corrected chi connectivity index (χ3v) is 5.45. The molecule has 0 aliphatic carbocycles. The molecule has 0 radical (unpaired) electrons. The summed E-state index contributed by atoms with van der Waals surface area (Å²) in [6, 6.07) is 11.3. The Balaban J connectivity index is 1.69. The molecular formula is C25H26ClF3N6O2. The van der Waals surface area contributed by atoms with Crippen LogP contribution in [0.4, 0.5) is 24.8 Å². The van der Waals surface area contributed by atoms with E-state index in [-0.39, 0.29) is 24.6 Å². The lowest BCUT2D eigenvalue weighted by Gasteiger charge is -2.16. The fourth-order valence-corrected chi connectivity index (χ4v) is 3.43. The summed E-state index contributed by atoms with van der Waals surface area (Å²) in [4.78, 5) is 32.6.